The molecule has 20 heavy (non-hydrogen) atoms. The van der Waals surface area contributed by atoms with Gasteiger partial charge in [0.15, 0.2) is 9.84 Å². The molecule has 1 aromatic carbocycles. The van der Waals surface area contributed by atoms with Crippen molar-refractivity contribution < 1.29 is 8.42 Å². The molecule has 0 unspecified atom stereocenters. The zero-order valence-corrected chi connectivity index (χ0v) is 11.8. The summed E-state index contributed by atoms with van der Waals surface area (Å²) in [6.07, 6.45) is 1.78. The Morgan fingerprint density at radius 2 is 2.00 bits per heavy atom. The molecule has 2 rings (SSSR count). The van der Waals surface area contributed by atoms with Crippen LogP contribution in [0.1, 0.15) is 5.56 Å². The van der Waals surface area contributed by atoms with Crippen LogP contribution in [0.25, 0.3) is 0 Å². The number of nitrogens with zero attached hydrogens (tertiary/aromatic N) is 3. The Morgan fingerprint density at radius 3 is 2.55 bits per heavy atom. The average molecular weight is 290 g/mol. The van der Waals surface area contributed by atoms with E-state index in [4.69, 9.17) is 5.26 Å². The first-order valence-corrected chi connectivity index (χ1v) is 7.63. The van der Waals surface area contributed by atoms with Gasteiger partial charge in [0.25, 0.3) is 0 Å². The minimum Gasteiger partial charge on any atom is -0.368 e. The number of nitrogens with one attached hydrogen (secondary N) is 1. The van der Waals surface area contributed by atoms with Gasteiger partial charge in [-0.25, -0.2) is 8.42 Å². The van der Waals surface area contributed by atoms with Crippen molar-refractivity contribution in [3.05, 3.63) is 42.1 Å². The maximum absolute atomic E-state index is 12.1. The first-order valence-electron chi connectivity index (χ1n) is 5.98. The Morgan fingerprint density at radius 1 is 1.30 bits per heavy atom. The quantitative estimate of drug-likeness (QED) is 0.893. The third-order valence-electron chi connectivity index (χ3n) is 2.73. The second-order valence-corrected chi connectivity index (χ2v) is 6.37. The molecule has 6 nitrogen and oxygen atoms in total. The molecule has 0 aliphatic carbocycles. The van der Waals surface area contributed by atoms with Gasteiger partial charge in [-0.3, -0.25) is 4.68 Å². The fourth-order valence-electron chi connectivity index (χ4n) is 1.68. The Bertz CT molecular complexity index is 726. The third-order valence-corrected chi connectivity index (χ3v) is 4.47. The highest BCUT2D eigenvalue weighted by atomic mass is 32.2. The van der Waals surface area contributed by atoms with E-state index < -0.39 is 9.84 Å². The van der Waals surface area contributed by atoms with Gasteiger partial charge in [-0.1, -0.05) is 0 Å². The van der Waals surface area contributed by atoms with Gasteiger partial charge >= 0.3 is 0 Å². The van der Waals surface area contributed by atoms with Crippen LogP contribution in [-0.4, -0.2) is 30.5 Å². The van der Waals surface area contributed by atoms with E-state index in [9.17, 15) is 8.42 Å². The normalized spacial score (nSPS) is 11.0. The summed E-state index contributed by atoms with van der Waals surface area (Å²) >= 11 is 0. The van der Waals surface area contributed by atoms with E-state index >= 15 is 0 Å². The van der Waals surface area contributed by atoms with Crippen LogP contribution in [-0.2, 0) is 16.9 Å². The number of aryl methyl sites for hydroxylation is 1. The van der Waals surface area contributed by atoms with Gasteiger partial charge in [-0.15, -0.1) is 0 Å². The summed E-state index contributed by atoms with van der Waals surface area (Å²) in [6.45, 7) is 0.277. The van der Waals surface area contributed by atoms with E-state index in [1.165, 1.54) is 24.3 Å². The second-order valence-electron chi connectivity index (χ2n) is 4.26. The smallest absolute Gasteiger partial charge is 0.180 e. The number of benzene rings is 1. The number of sulfone groups is 1. The van der Waals surface area contributed by atoms with E-state index in [1.807, 2.05) is 6.07 Å². The molecule has 7 heteroatoms. The lowest BCUT2D eigenvalue weighted by molar-refractivity contribution is 0.596. The van der Waals surface area contributed by atoms with E-state index in [1.54, 1.807) is 24.0 Å². The van der Waals surface area contributed by atoms with E-state index in [0.29, 0.717) is 11.4 Å². The van der Waals surface area contributed by atoms with Gasteiger partial charge in [0, 0.05) is 25.9 Å². The molecular weight excluding hydrogens is 276 g/mol. The molecule has 0 radical (unpaired) electrons. The molecule has 0 atom stereocenters. The highest BCUT2D eigenvalue weighted by molar-refractivity contribution is 7.91. The minimum absolute atomic E-state index is 0.0323. The number of hydrogen-bond donors (Lipinski definition) is 1. The molecule has 1 heterocycles. The maximum Gasteiger partial charge on any atom is 0.180 e. The highest BCUT2D eigenvalue weighted by Crippen LogP contribution is 2.12. The number of anilines is 1. The van der Waals surface area contributed by atoms with Crippen LogP contribution in [0.5, 0.6) is 0 Å². The molecule has 0 aliphatic rings. The summed E-state index contributed by atoms with van der Waals surface area (Å²) in [7, 11) is -1.56. The zero-order chi connectivity index (χ0) is 14.6. The van der Waals surface area contributed by atoms with Gasteiger partial charge in [-0.2, -0.15) is 10.4 Å². The second kappa shape index (κ2) is 5.75. The van der Waals surface area contributed by atoms with Gasteiger partial charge in [-0.05, 0) is 24.3 Å². The number of nitriles is 1. The molecule has 0 saturated heterocycles. The largest absolute Gasteiger partial charge is 0.368 e. The lowest BCUT2D eigenvalue weighted by atomic mass is 10.2. The van der Waals surface area contributed by atoms with Crippen molar-refractivity contribution in [2.75, 3.05) is 17.6 Å². The van der Waals surface area contributed by atoms with Crippen LogP contribution in [0.3, 0.4) is 0 Å². The summed E-state index contributed by atoms with van der Waals surface area (Å²) in [5, 5.41) is 15.7. The topological polar surface area (TPSA) is 87.8 Å². The molecule has 1 N–H and O–H groups in total. The van der Waals surface area contributed by atoms with Crippen LogP contribution in [0.4, 0.5) is 5.82 Å². The molecular formula is C13H14N4O2S. The van der Waals surface area contributed by atoms with Crippen molar-refractivity contribution >= 4 is 15.7 Å². The van der Waals surface area contributed by atoms with Gasteiger partial charge in [0.1, 0.15) is 5.82 Å². The van der Waals surface area contributed by atoms with Crippen molar-refractivity contribution in [1.29, 1.82) is 5.26 Å². The molecule has 0 spiro atoms. The van der Waals surface area contributed by atoms with Crippen molar-refractivity contribution in [1.82, 2.24) is 9.78 Å². The van der Waals surface area contributed by atoms with Crippen LogP contribution < -0.4 is 5.32 Å². The predicted molar refractivity (Wildman–Crippen MR) is 74.9 cm³/mol. The molecule has 1 aromatic heterocycles. The summed E-state index contributed by atoms with van der Waals surface area (Å²) in [6, 6.07) is 9.63. The van der Waals surface area contributed by atoms with Gasteiger partial charge in [0.05, 0.1) is 22.3 Å². The molecule has 0 saturated carbocycles. The number of hydrogen-bond acceptors (Lipinski definition) is 5. The molecule has 104 valence electrons. The van der Waals surface area contributed by atoms with Crippen molar-refractivity contribution in [2.24, 2.45) is 7.05 Å². The molecule has 2 aromatic rings. The lowest BCUT2D eigenvalue weighted by Gasteiger charge is -2.05. The Labute approximate surface area is 117 Å². The Hall–Kier alpha value is -2.33. The maximum atomic E-state index is 12.1. The summed E-state index contributed by atoms with van der Waals surface area (Å²) in [4.78, 5) is 0.222. The summed E-state index contributed by atoms with van der Waals surface area (Å²) < 4.78 is 25.8. The molecule has 0 bridgehead atoms. The lowest BCUT2D eigenvalue weighted by Crippen LogP contribution is -2.16. The van der Waals surface area contributed by atoms with Crippen LogP contribution in [0, 0.1) is 11.3 Å². The molecule has 0 fully saturated rings. The SMILES string of the molecule is Cn1ccc(NCCS(=O)(=O)c2ccc(C#N)cc2)n1. The van der Waals surface area contributed by atoms with E-state index in [0.717, 1.165) is 0 Å². The first-order chi connectivity index (χ1) is 9.51. The Kier molecular flexibility index (Phi) is 4.05. The average Bonchev–Trinajstić information content (AvgIpc) is 2.84. The number of rotatable bonds is 5. The third kappa shape index (κ3) is 3.36. The van der Waals surface area contributed by atoms with Gasteiger partial charge in [0.2, 0.25) is 0 Å². The van der Waals surface area contributed by atoms with E-state index in [-0.39, 0.29) is 17.2 Å². The monoisotopic (exact) mass is 290 g/mol. The van der Waals surface area contributed by atoms with Crippen LogP contribution >= 0.6 is 0 Å². The minimum atomic E-state index is -3.36. The first kappa shape index (κ1) is 14.1. The standard InChI is InChI=1S/C13H14N4O2S/c1-17-8-6-13(16-17)15-7-9-20(18,19)12-4-2-11(10-14)3-5-12/h2-6,8H,7,9H2,1H3,(H,15,16). The fraction of sp³-hybridized carbons (Fsp3) is 0.231. The summed E-state index contributed by atoms with van der Waals surface area (Å²) in [5.74, 6) is 0.609. The van der Waals surface area contributed by atoms with E-state index in [2.05, 4.69) is 10.4 Å². The van der Waals surface area contributed by atoms with Crippen LogP contribution in [0.15, 0.2) is 41.4 Å². The van der Waals surface area contributed by atoms with Gasteiger partial charge < -0.3 is 5.32 Å². The van der Waals surface area contributed by atoms with Crippen LogP contribution in [0.2, 0.25) is 0 Å². The van der Waals surface area contributed by atoms with Crippen molar-refractivity contribution in [3.8, 4) is 6.07 Å². The molecule has 0 amide bonds. The predicted octanol–water partition coefficient (Wildman–Crippen LogP) is 1.18. The number of aromatic nitrogens is 2. The van der Waals surface area contributed by atoms with Crippen molar-refractivity contribution in [3.63, 3.8) is 0 Å². The van der Waals surface area contributed by atoms with Crippen molar-refractivity contribution in [2.45, 2.75) is 4.90 Å². The molecule has 0 aliphatic heterocycles. The summed E-state index contributed by atoms with van der Waals surface area (Å²) in [5.41, 5.74) is 0.440. The fourth-order valence-corrected chi connectivity index (χ4v) is 2.83. The highest BCUT2D eigenvalue weighted by Gasteiger charge is 2.14. The zero-order valence-electron chi connectivity index (χ0n) is 10.9. The Balaban J connectivity index is 1.98.